The van der Waals surface area contributed by atoms with Crippen molar-refractivity contribution < 1.29 is 0 Å². The minimum Gasteiger partial charge on any atom is -0.362 e. The molecule has 9 aromatic rings. The molecule has 1 aromatic heterocycles. The summed E-state index contributed by atoms with van der Waals surface area (Å²) in [6.07, 6.45) is 6.54. The molecule has 8 aromatic carbocycles. The van der Waals surface area contributed by atoms with Crippen LogP contribution < -0.4 is 0 Å². The van der Waals surface area contributed by atoms with Gasteiger partial charge in [-0.1, -0.05) is 208 Å². The summed E-state index contributed by atoms with van der Waals surface area (Å²) >= 11 is 0. The number of pyridine rings is 1. The summed E-state index contributed by atoms with van der Waals surface area (Å²) in [4.78, 5) is 10.2. The highest BCUT2D eigenvalue weighted by atomic mass is 15.4. The Bertz CT molecular complexity index is 3310. The molecule has 0 spiro atoms. The number of fused-ring (bicyclic) bond motifs is 9. The summed E-state index contributed by atoms with van der Waals surface area (Å²) < 4.78 is 0. The first-order chi connectivity index (χ1) is 32.5. The third-order valence-corrected chi connectivity index (χ3v) is 15.4. The van der Waals surface area contributed by atoms with Crippen LogP contribution in [0.1, 0.15) is 86.7 Å². The van der Waals surface area contributed by atoms with Gasteiger partial charge >= 0.3 is 0 Å². The van der Waals surface area contributed by atoms with E-state index in [9.17, 15) is 0 Å². The van der Waals surface area contributed by atoms with E-state index >= 15 is 0 Å². The molecule has 4 aliphatic rings. The molecule has 0 N–H and O–H groups in total. The maximum absolute atomic E-state index is 5.35. The van der Waals surface area contributed by atoms with E-state index < -0.39 is 16.4 Å². The fraction of sp³-hybridized carbons (Fsp3) is 0.127. The van der Waals surface area contributed by atoms with Crippen molar-refractivity contribution in [3.05, 3.63) is 292 Å². The Balaban J connectivity index is 1.12. The molecule has 0 atom stereocenters. The predicted octanol–water partition coefficient (Wildman–Crippen LogP) is 13.9. The van der Waals surface area contributed by atoms with Gasteiger partial charge in [-0.3, -0.25) is 4.98 Å². The van der Waals surface area contributed by atoms with Gasteiger partial charge in [0.2, 0.25) is 0 Å². The minimum absolute atomic E-state index is 0.350. The number of rotatable bonds is 7. The lowest BCUT2D eigenvalue weighted by Crippen LogP contribution is -2.45. The second-order valence-electron chi connectivity index (χ2n) is 18.9. The Labute approximate surface area is 388 Å². The molecule has 0 radical (unpaired) electrons. The van der Waals surface area contributed by atoms with Crippen LogP contribution >= 0.6 is 0 Å². The minimum atomic E-state index is -0.665. The van der Waals surface area contributed by atoms with Gasteiger partial charge in [0.15, 0.2) is 0 Å². The Morgan fingerprint density at radius 3 is 1.26 bits per heavy atom. The lowest BCUT2D eigenvalue weighted by Gasteiger charge is -2.43. The van der Waals surface area contributed by atoms with E-state index in [0.717, 1.165) is 12.4 Å². The maximum Gasteiger partial charge on any atom is 0.118 e. The highest BCUT2D eigenvalue weighted by molar-refractivity contribution is 5.89. The van der Waals surface area contributed by atoms with Crippen LogP contribution in [0.15, 0.2) is 225 Å². The van der Waals surface area contributed by atoms with Crippen molar-refractivity contribution in [3.63, 3.8) is 0 Å². The van der Waals surface area contributed by atoms with Crippen molar-refractivity contribution in [1.29, 1.82) is 0 Å². The predicted molar refractivity (Wildman–Crippen MR) is 268 cm³/mol. The number of hydrogen-bond acceptors (Lipinski definition) is 3. The molecule has 0 saturated carbocycles. The Kier molecular flexibility index (Phi) is 8.43. The molecule has 3 aliphatic carbocycles. The fourth-order valence-electron chi connectivity index (χ4n) is 12.7. The normalized spacial score (nSPS) is 16.1. The van der Waals surface area contributed by atoms with Gasteiger partial charge in [0, 0.05) is 25.6 Å². The second kappa shape index (κ2) is 14.4. The summed E-state index contributed by atoms with van der Waals surface area (Å²) in [6, 6.07) is 78.2. The van der Waals surface area contributed by atoms with Crippen LogP contribution in [-0.4, -0.2) is 28.5 Å². The molecule has 3 nitrogen and oxygen atoms in total. The Morgan fingerprint density at radius 2 is 0.803 bits per heavy atom. The van der Waals surface area contributed by atoms with Crippen LogP contribution in [0, 0.1) is 0 Å². The van der Waals surface area contributed by atoms with Gasteiger partial charge in [-0.15, -0.1) is 0 Å². The van der Waals surface area contributed by atoms with Crippen LogP contribution in [0.3, 0.4) is 0 Å². The largest absolute Gasteiger partial charge is 0.362 e. The van der Waals surface area contributed by atoms with Gasteiger partial charge in [-0.25, -0.2) is 0 Å². The summed E-state index contributed by atoms with van der Waals surface area (Å²) in [5.41, 5.74) is 20.8. The second-order valence-corrected chi connectivity index (χ2v) is 18.9. The smallest absolute Gasteiger partial charge is 0.118 e. The average Bonchev–Trinajstić information content (AvgIpc) is 4.11. The zero-order chi connectivity index (χ0) is 44.2. The van der Waals surface area contributed by atoms with Crippen LogP contribution in [0.5, 0.6) is 0 Å². The lowest BCUT2D eigenvalue weighted by atomic mass is 9.64. The monoisotopic (exact) mass is 847 g/mol. The third kappa shape index (κ3) is 5.00. The highest BCUT2D eigenvalue weighted by Gasteiger charge is 2.53. The van der Waals surface area contributed by atoms with Crippen molar-refractivity contribution in [1.82, 2.24) is 14.8 Å². The van der Waals surface area contributed by atoms with Gasteiger partial charge in [-0.2, -0.15) is 0 Å². The molecule has 0 saturated heterocycles. The van der Waals surface area contributed by atoms with E-state index in [0.29, 0.717) is 5.92 Å². The average molecular weight is 848 g/mol. The molecule has 316 valence electrons. The molecule has 66 heavy (non-hydrogen) atoms. The number of aromatic nitrogens is 1. The SMILES string of the molecule is CC(C)c1ccnc(C2(c3cccc(C4(c5cccc(C6(N7C=CN(C)C7)c7ccccc7-c7ccccc76)c5)c5ccccc5-c5ccccc54)c3)c3ccccc3-c3ccccc32)c1. The third-order valence-electron chi connectivity index (χ3n) is 15.4. The quantitative estimate of drug-likeness (QED) is 0.159. The molecule has 0 amide bonds. The van der Waals surface area contributed by atoms with E-state index in [2.05, 4.69) is 249 Å². The van der Waals surface area contributed by atoms with Crippen molar-refractivity contribution in [3.8, 4) is 33.4 Å². The van der Waals surface area contributed by atoms with Crippen molar-refractivity contribution in [2.45, 2.75) is 36.1 Å². The first-order valence-electron chi connectivity index (χ1n) is 23.4. The van der Waals surface area contributed by atoms with Crippen LogP contribution in [0.25, 0.3) is 33.4 Å². The number of hydrogen-bond donors (Lipinski definition) is 0. The van der Waals surface area contributed by atoms with Crippen LogP contribution in [-0.2, 0) is 16.4 Å². The molecule has 0 unspecified atom stereocenters. The van der Waals surface area contributed by atoms with Crippen LogP contribution in [0.2, 0.25) is 0 Å². The van der Waals surface area contributed by atoms with E-state index in [4.69, 9.17) is 4.98 Å². The van der Waals surface area contributed by atoms with E-state index in [1.807, 2.05) is 6.20 Å². The molecule has 13 rings (SSSR count). The van der Waals surface area contributed by atoms with Gasteiger partial charge in [-0.05, 0) is 113 Å². The molecular weight excluding hydrogens is 799 g/mol. The first-order valence-corrected chi connectivity index (χ1v) is 23.4. The molecule has 0 fully saturated rings. The van der Waals surface area contributed by atoms with Crippen LogP contribution in [0.4, 0.5) is 0 Å². The fourth-order valence-corrected chi connectivity index (χ4v) is 12.7. The van der Waals surface area contributed by atoms with Crippen molar-refractivity contribution in [2.75, 3.05) is 13.7 Å². The summed E-state index contributed by atoms with van der Waals surface area (Å²) in [5, 5.41) is 0. The summed E-state index contributed by atoms with van der Waals surface area (Å²) in [5.74, 6) is 0.350. The topological polar surface area (TPSA) is 19.4 Å². The molecular formula is C63H49N3. The zero-order valence-electron chi connectivity index (χ0n) is 37.5. The highest BCUT2D eigenvalue weighted by Crippen LogP contribution is 2.61. The van der Waals surface area contributed by atoms with Crippen molar-refractivity contribution >= 4 is 0 Å². The number of benzene rings is 8. The Morgan fingerprint density at radius 1 is 0.409 bits per heavy atom. The van der Waals surface area contributed by atoms with Crippen molar-refractivity contribution in [2.24, 2.45) is 0 Å². The lowest BCUT2D eigenvalue weighted by molar-refractivity contribution is 0.198. The van der Waals surface area contributed by atoms with Gasteiger partial charge in [0.1, 0.15) is 5.54 Å². The van der Waals surface area contributed by atoms with E-state index in [1.54, 1.807) is 0 Å². The maximum atomic E-state index is 5.35. The number of nitrogens with zero attached hydrogens (tertiary/aromatic N) is 3. The molecule has 3 heteroatoms. The van der Waals surface area contributed by atoms with E-state index in [-0.39, 0.29) is 0 Å². The molecule has 2 heterocycles. The van der Waals surface area contributed by atoms with Gasteiger partial charge in [0.25, 0.3) is 0 Å². The van der Waals surface area contributed by atoms with E-state index in [1.165, 1.54) is 94.6 Å². The van der Waals surface area contributed by atoms with Gasteiger partial charge < -0.3 is 9.80 Å². The summed E-state index contributed by atoms with van der Waals surface area (Å²) in [6.45, 7) is 5.32. The Hall–Kier alpha value is -7.75. The standard InChI is InChI=1S/C63H49N3/c1-42(2)43-34-35-64-60(38-43)62(56-30-12-6-24-50(56)51-25-7-13-31-57(51)62)46-20-16-18-44(39-46)61(54-28-10-4-22-48(54)49-23-5-11-29-55(49)61)45-19-17-21-47(40-45)63(66-37-36-65(3)41-66)58-32-14-8-26-52(58)53-27-9-15-33-59(53)63/h4-40,42H,41H2,1-3H3. The molecule has 1 aliphatic heterocycles. The summed E-state index contributed by atoms with van der Waals surface area (Å²) in [7, 11) is 2.17. The zero-order valence-corrected chi connectivity index (χ0v) is 37.5. The first kappa shape index (κ1) is 38.7. The molecule has 0 bridgehead atoms. The van der Waals surface area contributed by atoms with Gasteiger partial charge in [0.05, 0.1) is 23.2 Å².